The number of nitrogens with zero attached hydrogens (tertiary/aromatic N) is 2. The molecule has 2 heterocycles. The molecule has 1 aliphatic heterocycles. The van der Waals surface area contributed by atoms with E-state index in [1.54, 1.807) is 0 Å². The van der Waals surface area contributed by atoms with Crippen LogP contribution in [0, 0.1) is 0 Å². The van der Waals surface area contributed by atoms with Gasteiger partial charge in [-0.2, -0.15) is 4.98 Å². The summed E-state index contributed by atoms with van der Waals surface area (Å²) in [6.07, 6.45) is 1.05. The van der Waals surface area contributed by atoms with Crippen LogP contribution >= 0.6 is 11.8 Å². The molecule has 2 rings (SSSR count). The Bertz CT molecular complexity index is 412. The number of aromatic nitrogens is 2. The molecule has 0 aliphatic carbocycles. The van der Waals surface area contributed by atoms with Gasteiger partial charge in [-0.3, -0.25) is 4.57 Å². The van der Waals surface area contributed by atoms with E-state index >= 15 is 0 Å². The fourth-order valence-electron chi connectivity index (χ4n) is 1.45. The zero-order valence-corrected chi connectivity index (χ0v) is 8.59. The van der Waals surface area contributed by atoms with Gasteiger partial charge in [0.25, 0.3) is 0 Å². The van der Waals surface area contributed by atoms with Crippen molar-refractivity contribution in [3.63, 3.8) is 0 Å². The standard InChI is InChI=1S/C8H11N3O3S/c9-5-1-2-11(8(14)10-5)6-3-4(12)7(13)15-6/h1-2,4,6-7,12-13H,3H2,(H2,9,10,14)/t4-,6+,7-/m0/s1. The molecule has 4 N–H and O–H groups in total. The van der Waals surface area contributed by atoms with Crippen molar-refractivity contribution in [1.82, 2.24) is 9.55 Å². The van der Waals surface area contributed by atoms with Crippen LogP contribution < -0.4 is 11.4 Å². The molecule has 3 atom stereocenters. The zero-order valence-electron chi connectivity index (χ0n) is 7.78. The first-order valence-corrected chi connectivity index (χ1v) is 5.38. The Kier molecular flexibility index (Phi) is 2.68. The van der Waals surface area contributed by atoms with Gasteiger partial charge >= 0.3 is 5.69 Å². The van der Waals surface area contributed by atoms with E-state index in [1.807, 2.05) is 0 Å². The molecule has 1 fully saturated rings. The summed E-state index contributed by atoms with van der Waals surface area (Å²) in [4.78, 5) is 15.0. The Balaban J connectivity index is 2.28. The molecule has 0 saturated carbocycles. The fourth-order valence-corrected chi connectivity index (χ4v) is 2.67. The van der Waals surface area contributed by atoms with Crippen molar-refractivity contribution >= 4 is 17.6 Å². The first-order valence-electron chi connectivity index (χ1n) is 4.44. The second-order valence-electron chi connectivity index (χ2n) is 3.33. The molecular weight excluding hydrogens is 218 g/mol. The van der Waals surface area contributed by atoms with Gasteiger partial charge in [0.1, 0.15) is 11.3 Å². The van der Waals surface area contributed by atoms with Gasteiger partial charge < -0.3 is 15.9 Å². The van der Waals surface area contributed by atoms with Crippen molar-refractivity contribution in [2.75, 3.05) is 5.73 Å². The fraction of sp³-hybridized carbons (Fsp3) is 0.500. The molecule has 1 saturated heterocycles. The van der Waals surface area contributed by atoms with Gasteiger partial charge in [0, 0.05) is 12.6 Å². The first kappa shape index (κ1) is 10.5. The van der Waals surface area contributed by atoms with Gasteiger partial charge in [-0.15, -0.1) is 11.8 Å². The lowest BCUT2D eigenvalue weighted by Crippen LogP contribution is -2.25. The third-order valence-electron chi connectivity index (χ3n) is 2.23. The van der Waals surface area contributed by atoms with E-state index in [1.165, 1.54) is 16.8 Å². The van der Waals surface area contributed by atoms with E-state index in [-0.39, 0.29) is 11.2 Å². The van der Waals surface area contributed by atoms with Crippen LogP contribution in [0.1, 0.15) is 11.8 Å². The quantitative estimate of drug-likeness (QED) is 0.579. The number of hydrogen-bond donors (Lipinski definition) is 3. The molecule has 0 spiro atoms. The number of aliphatic hydroxyl groups is 2. The topological polar surface area (TPSA) is 101 Å². The summed E-state index contributed by atoms with van der Waals surface area (Å²) in [6, 6.07) is 1.51. The number of rotatable bonds is 1. The molecule has 0 amide bonds. The monoisotopic (exact) mass is 229 g/mol. The Labute approximate surface area is 89.7 Å². The normalized spacial score (nSPS) is 30.7. The Morgan fingerprint density at radius 3 is 2.87 bits per heavy atom. The predicted molar refractivity (Wildman–Crippen MR) is 56.2 cm³/mol. The van der Waals surface area contributed by atoms with Crippen LogP contribution in [-0.2, 0) is 0 Å². The Morgan fingerprint density at radius 1 is 1.60 bits per heavy atom. The molecule has 0 unspecified atom stereocenters. The van der Waals surface area contributed by atoms with Crippen molar-refractivity contribution < 1.29 is 10.2 Å². The highest BCUT2D eigenvalue weighted by Gasteiger charge is 2.33. The molecule has 15 heavy (non-hydrogen) atoms. The van der Waals surface area contributed by atoms with Crippen molar-refractivity contribution in [3.05, 3.63) is 22.7 Å². The van der Waals surface area contributed by atoms with E-state index in [0.29, 0.717) is 6.42 Å². The van der Waals surface area contributed by atoms with Crippen LogP contribution in [0.2, 0.25) is 0 Å². The zero-order chi connectivity index (χ0) is 11.0. The molecule has 7 heteroatoms. The van der Waals surface area contributed by atoms with Crippen LogP contribution in [0.4, 0.5) is 5.82 Å². The average Bonchev–Trinajstić information content (AvgIpc) is 2.46. The first-order chi connectivity index (χ1) is 7.08. The molecule has 1 aromatic rings. The second-order valence-corrected chi connectivity index (χ2v) is 4.63. The summed E-state index contributed by atoms with van der Waals surface area (Å²) in [6.45, 7) is 0. The van der Waals surface area contributed by atoms with Crippen molar-refractivity contribution in [1.29, 1.82) is 0 Å². The predicted octanol–water partition coefficient (Wildman–Crippen LogP) is -0.860. The van der Waals surface area contributed by atoms with Gasteiger partial charge in [-0.1, -0.05) is 0 Å². The summed E-state index contributed by atoms with van der Waals surface area (Å²) >= 11 is 1.13. The molecule has 1 aromatic heterocycles. The second kappa shape index (κ2) is 3.84. The summed E-state index contributed by atoms with van der Waals surface area (Å²) in [7, 11) is 0. The third kappa shape index (κ3) is 1.99. The minimum absolute atomic E-state index is 0.167. The Morgan fingerprint density at radius 2 is 2.33 bits per heavy atom. The molecule has 0 radical (unpaired) electrons. The van der Waals surface area contributed by atoms with Crippen LogP contribution in [-0.4, -0.2) is 31.3 Å². The summed E-state index contributed by atoms with van der Waals surface area (Å²) in [5, 5.41) is 18.4. The minimum atomic E-state index is -0.848. The highest BCUT2D eigenvalue weighted by molar-refractivity contribution is 8.00. The van der Waals surface area contributed by atoms with Gasteiger partial charge in [0.2, 0.25) is 0 Å². The maximum Gasteiger partial charge on any atom is 0.350 e. The van der Waals surface area contributed by atoms with Crippen LogP contribution in [0.3, 0.4) is 0 Å². The third-order valence-corrected chi connectivity index (χ3v) is 3.56. The number of nitrogens with two attached hydrogens (primary N) is 1. The Hall–Kier alpha value is -1.05. The largest absolute Gasteiger partial charge is 0.389 e. The molecular formula is C8H11N3O3S. The molecule has 0 aromatic carbocycles. The lowest BCUT2D eigenvalue weighted by atomic mass is 10.2. The molecule has 6 nitrogen and oxygen atoms in total. The van der Waals surface area contributed by atoms with Crippen molar-refractivity contribution in [2.24, 2.45) is 0 Å². The van der Waals surface area contributed by atoms with Gasteiger partial charge in [0.05, 0.1) is 11.5 Å². The number of hydrogen-bond acceptors (Lipinski definition) is 6. The minimum Gasteiger partial charge on any atom is -0.389 e. The van der Waals surface area contributed by atoms with Gasteiger partial charge in [0.15, 0.2) is 0 Å². The average molecular weight is 229 g/mol. The SMILES string of the molecule is Nc1ccn([C@H]2C[C@H](O)[C@@H](O)S2)c(=O)n1. The van der Waals surface area contributed by atoms with Crippen molar-refractivity contribution in [3.8, 4) is 0 Å². The molecule has 82 valence electrons. The van der Waals surface area contributed by atoms with Gasteiger partial charge in [-0.05, 0) is 6.07 Å². The number of nitrogen functional groups attached to an aromatic ring is 1. The number of thioether (sulfide) groups is 1. The lowest BCUT2D eigenvalue weighted by Gasteiger charge is -2.11. The highest BCUT2D eigenvalue weighted by atomic mass is 32.2. The maximum absolute atomic E-state index is 11.4. The molecule has 0 bridgehead atoms. The number of aliphatic hydroxyl groups excluding tert-OH is 2. The van der Waals surface area contributed by atoms with E-state index < -0.39 is 17.2 Å². The smallest absolute Gasteiger partial charge is 0.350 e. The summed E-state index contributed by atoms with van der Waals surface area (Å²) in [5.74, 6) is 0.167. The lowest BCUT2D eigenvalue weighted by molar-refractivity contribution is 0.0754. The van der Waals surface area contributed by atoms with E-state index in [9.17, 15) is 15.0 Å². The van der Waals surface area contributed by atoms with Crippen LogP contribution in [0.15, 0.2) is 17.1 Å². The van der Waals surface area contributed by atoms with Crippen molar-refractivity contribution in [2.45, 2.75) is 23.3 Å². The van der Waals surface area contributed by atoms with E-state index in [0.717, 1.165) is 11.8 Å². The van der Waals surface area contributed by atoms with Crippen LogP contribution in [0.5, 0.6) is 0 Å². The summed E-state index contributed by atoms with van der Waals surface area (Å²) < 4.78 is 1.36. The van der Waals surface area contributed by atoms with Gasteiger partial charge in [-0.25, -0.2) is 4.79 Å². The summed E-state index contributed by atoms with van der Waals surface area (Å²) in [5.41, 5.74) is 4.04. The highest BCUT2D eigenvalue weighted by Crippen LogP contribution is 2.39. The van der Waals surface area contributed by atoms with E-state index in [4.69, 9.17) is 5.73 Å². The van der Waals surface area contributed by atoms with E-state index in [2.05, 4.69) is 4.98 Å². The van der Waals surface area contributed by atoms with Crippen LogP contribution in [0.25, 0.3) is 0 Å². The number of anilines is 1. The molecule has 1 aliphatic rings. The maximum atomic E-state index is 11.4.